The third-order valence-electron chi connectivity index (χ3n) is 7.90. The number of nitrogens with zero attached hydrogens (tertiary/aromatic N) is 6. The molecule has 3 aliphatic rings. The molecule has 0 unspecified atom stereocenters. The lowest BCUT2D eigenvalue weighted by Gasteiger charge is -2.40. The predicted molar refractivity (Wildman–Crippen MR) is 148 cm³/mol. The second kappa shape index (κ2) is 10.1. The smallest absolute Gasteiger partial charge is 0.165 e. The number of rotatable bonds is 4. The van der Waals surface area contributed by atoms with Crippen molar-refractivity contribution in [1.82, 2.24) is 20.1 Å². The first-order chi connectivity index (χ1) is 18.6. The molecule has 0 amide bonds. The van der Waals surface area contributed by atoms with Gasteiger partial charge in [0.1, 0.15) is 5.82 Å². The van der Waals surface area contributed by atoms with E-state index in [1.165, 1.54) is 0 Å². The Morgan fingerprint density at radius 3 is 2.76 bits per heavy atom. The van der Waals surface area contributed by atoms with Crippen LogP contribution in [0.4, 0.5) is 11.5 Å². The number of hydrogen-bond donors (Lipinski definition) is 2. The van der Waals surface area contributed by atoms with Crippen molar-refractivity contribution in [3.05, 3.63) is 66.0 Å². The molecule has 0 radical (unpaired) electrons. The highest BCUT2D eigenvalue weighted by Gasteiger charge is 2.37. The second-order valence-corrected chi connectivity index (χ2v) is 10.3. The topological polar surface area (TPSA) is 102 Å². The summed E-state index contributed by atoms with van der Waals surface area (Å²) < 4.78 is 7.58. The van der Waals surface area contributed by atoms with Crippen molar-refractivity contribution in [3.63, 3.8) is 0 Å². The number of nitrogens with one attached hydrogen (secondary N) is 1. The van der Waals surface area contributed by atoms with Crippen molar-refractivity contribution in [1.29, 1.82) is 5.26 Å². The SMILES string of the molecule is C[C@@H]1COCCN1c1cc(C2(O)CCN(c3ccc(C#N)cc3)CC2)c2cnn(C3=CCCNC=C3)c2n1. The van der Waals surface area contributed by atoms with E-state index in [4.69, 9.17) is 20.1 Å². The van der Waals surface area contributed by atoms with E-state index in [1.54, 1.807) is 0 Å². The standard InChI is InChI=1S/C29H33N7O2/c1-21-20-38-16-15-35(21)27-17-26(25-19-32-36(28(25)33-27)24-3-2-11-31-12-8-24)29(37)9-13-34(14-10-29)23-6-4-22(18-30)5-7-23/h3-8,12,17,19,21,31,37H,2,9-11,13-16,20H2,1H3/t21-/m1/s1. The summed E-state index contributed by atoms with van der Waals surface area (Å²) in [7, 11) is 0. The van der Waals surface area contributed by atoms with Gasteiger partial charge in [0, 0.05) is 37.3 Å². The lowest BCUT2D eigenvalue weighted by atomic mass is 9.83. The molecule has 3 aromatic rings. The van der Waals surface area contributed by atoms with Gasteiger partial charge in [-0.15, -0.1) is 0 Å². The number of aromatic nitrogens is 3. The number of anilines is 2. The van der Waals surface area contributed by atoms with E-state index in [0.29, 0.717) is 44.7 Å². The molecule has 0 aliphatic carbocycles. The fraction of sp³-hybridized carbons (Fsp3) is 0.414. The van der Waals surface area contributed by atoms with Crippen molar-refractivity contribution in [3.8, 4) is 6.07 Å². The number of morpholine rings is 1. The molecule has 38 heavy (non-hydrogen) atoms. The van der Waals surface area contributed by atoms with Gasteiger partial charge < -0.3 is 25.0 Å². The lowest BCUT2D eigenvalue weighted by molar-refractivity contribution is 0.0131. The van der Waals surface area contributed by atoms with Crippen LogP contribution in [0, 0.1) is 11.3 Å². The number of ether oxygens (including phenoxy) is 1. The minimum atomic E-state index is -1.00. The van der Waals surface area contributed by atoms with Crippen LogP contribution in [0.2, 0.25) is 0 Å². The quantitative estimate of drug-likeness (QED) is 0.550. The van der Waals surface area contributed by atoms with Crippen molar-refractivity contribution >= 4 is 28.2 Å². The van der Waals surface area contributed by atoms with Crippen LogP contribution < -0.4 is 15.1 Å². The molecule has 2 fully saturated rings. The number of nitriles is 1. The first-order valence-corrected chi connectivity index (χ1v) is 13.4. The van der Waals surface area contributed by atoms with Gasteiger partial charge in [0.25, 0.3) is 0 Å². The average molecular weight is 512 g/mol. The van der Waals surface area contributed by atoms with Gasteiger partial charge in [0.15, 0.2) is 5.65 Å². The zero-order chi connectivity index (χ0) is 26.1. The summed E-state index contributed by atoms with van der Waals surface area (Å²) in [5.41, 5.74) is 3.34. The fourth-order valence-corrected chi connectivity index (χ4v) is 5.68. The highest BCUT2D eigenvalue weighted by Crippen LogP contribution is 2.40. The first kappa shape index (κ1) is 24.5. The molecule has 196 valence electrons. The zero-order valence-corrected chi connectivity index (χ0v) is 21.7. The molecule has 0 bridgehead atoms. The molecule has 3 aliphatic heterocycles. The van der Waals surface area contributed by atoms with E-state index in [-0.39, 0.29) is 6.04 Å². The molecular weight excluding hydrogens is 478 g/mol. The van der Waals surface area contributed by atoms with Crippen LogP contribution in [-0.4, -0.2) is 65.3 Å². The maximum absolute atomic E-state index is 12.1. The number of fused-ring (bicyclic) bond motifs is 1. The summed E-state index contributed by atoms with van der Waals surface area (Å²) >= 11 is 0. The number of pyridine rings is 1. The molecule has 2 saturated heterocycles. The third kappa shape index (κ3) is 4.51. The molecule has 9 nitrogen and oxygen atoms in total. The van der Waals surface area contributed by atoms with Gasteiger partial charge in [-0.05, 0) is 74.4 Å². The first-order valence-electron chi connectivity index (χ1n) is 13.4. The number of aliphatic hydroxyl groups is 1. The highest BCUT2D eigenvalue weighted by molar-refractivity contribution is 5.85. The van der Waals surface area contributed by atoms with Crippen LogP contribution in [0.15, 0.2) is 54.9 Å². The largest absolute Gasteiger partial charge is 0.391 e. The molecule has 5 heterocycles. The molecule has 2 aromatic heterocycles. The van der Waals surface area contributed by atoms with Gasteiger partial charge in [-0.3, -0.25) is 0 Å². The summed E-state index contributed by atoms with van der Waals surface area (Å²) in [5, 5.41) is 30.2. The number of hydrogen-bond acceptors (Lipinski definition) is 8. The van der Waals surface area contributed by atoms with Crippen LogP contribution in [0.5, 0.6) is 0 Å². The monoisotopic (exact) mass is 511 g/mol. The van der Waals surface area contributed by atoms with Gasteiger partial charge in [0.05, 0.1) is 48.4 Å². The van der Waals surface area contributed by atoms with Gasteiger partial charge in [-0.25, -0.2) is 9.67 Å². The maximum Gasteiger partial charge on any atom is 0.165 e. The minimum absolute atomic E-state index is 0.187. The van der Waals surface area contributed by atoms with Gasteiger partial charge >= 0.3 is 0 Å². The Labute approximate surface area is 222 Å². The van der Waals surface area contributed by atoms with Crippen molar-refractivity contribution in [2.24, 2.45) is 0 Å². The van der Waals surface area contributed by atoms with E-state index >= 15 is 0 Å². The van der Waals surface area contributed by atoms with E-state index in [9.17, 15) is 5.11 Å². The van der Waals surface area contributed by atoms with Crippen LogP contribution >= 0.6 is 0 Å². The van der Waals surface area contributed by atoms with E-state index < -0.39 is 5.60 Å². The van der Waals surface area contributed by atoms with Crippen LogP contribution in [0.25, 0.3) is 16.7 Å². The minimum Gasteiger partial charge on any atom is -0.391 e. The van der Waals surface area contributed by atoms with Gasteiger partial charge in [0.2, 0.25) is 0 Å². The summed E-state index contributed by atoms with van der Waals surface area (Å²) in [4.78, 5) is 9.66. The van der Waals surface area contributed by atoms with Crippen LogP contribution in [0.3, 0.4) is 0 Å². The van der Waals surface area contributed by atoms with Crippen molar-refractivity contribution in [2.75, 3.05) is 49.2 Å². The Kier molecular flexibility index (Phi) is 6.52. The van der Waals surface area contributed by atoms with Crippen LogP contribution in [0.1, 0.15) is 37.3 Å². The Balaban J connectivity index is 1.38. The lowest BCUT2D eigenvalue weighted by Crippen LogP contribution is -2.45. The van der Waals surface area contributed by atoms with Crippen molar-refractivity contribution in [2.45, 2.75) is 37.8 Å². The average Bonchev–Trinajstić information content (AvgIpc) is 3.19. The van der Waals surface area contributed by atoms with Crippen molar-refractivity contribution < 1.29 is 9.84 Å². The number of piperidine rings is 1. The number of allylic oxidation sites excluding steroid dienone is 2. The summed E-state index contributed by atoms with van der Waals surface area (Å²) in [6, 6.07) is 12.1. The number of benzene rings is 1. The van der Waals surface area contributed by atoms with E-state index in [1.807, 2.05) is 47.4 Å². The van der Waals surface area contributed by atoms with Gasteiger partial charge in [-0.1, -0.05) is 6.08 Å². The molecule has 1 aromatic carbocycles. The molecule has 0 spiro atoms. The Morgan fingerprint density at radius 1 is 1.18 bits per heavy atom. The molecule has 9 heteroatoms. The zero-order valence-electron chi connectivity index (χ0n) is 21.7. The Hall–Kier alpha value is -3.87. The molecule has 6 rings (SSSR count). The Morgan fingerprint density at radius 2 is 2.00 bits per heavy atom. The molecule has 0 saturated carbocycles. The second-order valence-electron chi connectivity index (χ2n) is 10.3. The highest BCUT2D eigenvalue weighted by atomic mass is 16.5. The normalized spacial score (nSPS) is 21.5. The fourth-order valence-electron chi connectivity index (χ4n) is 5.68. The van der Waals surface area contributed by atoms with E-state index in [0.717, 1.165) is 53.3 Å². The van der Waals surface area contributed by atoms with E-state index in [2.05, 4.69) is 40.3 Å². The summed E-state index contributed by atoms with van der Waals surface area (Å²) in [5.74, 6) is 0.851. The summed E-state index contributed by atoms with van der Waals surface area (Å²) in [6.45, 7) is 6.51. The molecule has 2 N–H and O–H groups in total. The molecular formula is C29H33N7O2. The maximum atomic E-state index is 12.1. The summed E-state index contributed by atoms with van der Waals surface area (Å²) in [6.07, 6.45) is 10.1. The third-order valence-corrected chi connectivity index (χ3v) is 7.90. The van der Waals surface area contributed by atoms with Gasteiger partial charge in [-0.2, -0.15) is 10.4 Å². The Bertz CT molecular complexity index is 1410. The molecule has 1 atom stereocenters. The predicted octanol–water partition coefficient (Wildman–Crippen LogP) is 3.36. The van der Waals surface area contributed by atoms with Crippen LogP contribution in [-0.2, 0) is 10.3 Å².